The Hall–Kier alpha value is -1.76. The highest BCUT2D eigenvalue weighted by atomic mass is 19.4. The van der Waals surface area contributed by atoms with Gasteiger partial charge in [-0.2, -0.15) is 0 Å². The van der Waals surface area contributed by atoms with E-state index in [1.807, 2.05) is 0 Å². The Morgan fingerprint density at radius 3 is 2.62 bits per heavy atom. The van der Waals surface area contributed by atoms with E-state index in [0.29, 0.717) is 13.0 Å². The topological polar surface area (TPSA) is 49.8 Å². The van der Waals surface area contributed by atoms with Crippen LogP contribution in [0.3, 0.4) is 0 Å². The summed E-state index contributed by atoms with van der Waals surface area (Å²) in [6.07, 6.45) is -0.463. The second-order valence-electron chi connectivity index (χ2n) is 6.90. The average Bonchev–Trinajstić information content (AvgIpc) is 2.55. The van der Waals surface area contributed by atoms with E-state index in [1.54, 1.807) is 12.1 Å². The zero-order chi connectivity index (χ0) is 19.2. The van der Waals surface area contributed by atoms with Crippen molar-refractivity contribution in [1.82, 2.24) is 4.90 Å². The van der Waals surface area contributed by atoms with E-state index in [9.17, 15) is 23.1 Å². The zero-order valence-electron chi connectivity index (χ0n) is 15.0. The fourth-order valence-corrected chi connectivity index (χ4v) is 3.60. The molecule has 0 bridgehead atoms. The van der Waals surface area contributed by atoms with Gasteiger partial charge in [0.05, 0.1) is 5.92 Å². The van der Waals surface area contributed by atoms with Gasteiger partial charge in [0.15, 0.2) is 0 Å². The van der Waals surface area contributed by atoms with Crippen LogP contribution in [0.2, 0.25) is 0 Å². The van der Waals surface area contributed by atoms with Crippen LogP contribution in [0.25, 0.3) is 0 Å². The number of carboxylic acid groups (broad SMARTS) is 1. The highest BCUT2D eigenvalue weighted by Crippen LogP contribution is 2.30. The quantitative estimate of drug-likeness (QED) is 0.718. The number of likely N-dealkylation sites (tertiary alicyclic amines) is 1. The third kappa shape index (κ3) is 6.52. The first-order valence-electron chi connectivity index (χ1n) is 9.08. The summed E-state index contributed by atoms with van der Waals surface area (Å²) in [5, 5.41) is 9.46. The minimum atomic E-state index is -4.69. The van der Waals surface area contributed by atoms with Crippen molar-refractivity contribution in [3.8, 4) is 5.75 Å². The summed E-state index contributed by atoms with van der Waals surface area (Å²) in [5.74, 6) is -1.04. The molecular weight excluding hydrogens is 347 g/mol. The van der Waals surface area contributed by atoms with Crippen LogP contribution in [0, 0.1) is 11.8 Å². The number of hydrogen-bond donors (Lipinski definition) is 1. The number of rotatable bonds is 8. The van der Waals surface area contributed by atoms with Crippen LogP contribution in [0.15, 0.2) is 24.3 Å². The van der Waals surface area contributed by atoms with Crippen molar-refractivity contribution in [1.29, 1.82) is 0 Å². The van der Waals surface area contributed by atoms with Crippen LogP contribution in [-0.4, -0.2) is 35.4 Å². The van der Waals surface area contributed by atoms with E-state index < -0.39 is 12.3 Å². The lowest BCUT2D eigenvalue weighted by molar-refractivity contribution is -0.274. The van der Waals surface area contributed by atoms with E-state index in [1.165, 1.54) is 12.1 Å². The maximum atomic E-state index is 12.3. The van der Waals surface area contributed by atoms with E-state index >= 15 is 0 Å². The number of ether oxygens (including phenoxy) is 1. The third-order valence-electron chi connectivity index (χ3n) is 4.93. The van der Waals surface area contributed by atoms with Crippen LogP contribution in [0.1, 0.15) is 44.6 Å². The molecule has 7 heteroatoms. The first kappa shape index (κ1) is 20.6. The van der Waals surface area contributed by atoms with Crippen molar-refractivity contribution in [3.63, 3.8) is 0 Å². The number of hydrogen-bond acceptors (Lipinski definition) is 3. The third-order valence-corrected chi connectivity index (χ3v) is 4.93. The second-order valence-corrected chi connectivity index (χ2v) is 6.90. The Morgan fingerprint density at radius 1 is 1.35 bits per heavy atom. The predicted molar refractivity (Wildman–Crippen MR) is 91.8 cm³/mol. The summed E-state index contributed by atoms with van der Waals surface area (Å²) in [4.78, 5) is 13.7. The monoisotopic (exact) mass is 373 g/mol. The standard InChI is InChI=1S/C19H26F3NO3/c1-2-3-7-17(18(24)25)15-8-10-23(11-9-15)13-14-5-4-6-16(12-14)26-19(20,21)22/h4-6,12,15,17H,2-3,7-11,13H2,1H3,(H,24,25). The van der Waals surface area contributed by atoms with Gasteiger partial charge in [0.1, 0.15) is 5.75 Å². The molecule has 0 aromatic heterocycles. The van der Waals surface area contributed by atoms with Gasteiger partial charge in [0, 0.05) is 6.54 Å². The Kier molecular flexibility index (Phi) is 7.32. The van der Waals surface area contributed by atoms with Crippen molar-refractivity contribution < 1.29 is 27.8 Å². The molecule has 1 heterocycles. The first-order valence-corrected chi connectivity index (χ1v) is 9.08. The largest absolute Gasteiger partial charge is 0.573 e. The fraction of sp³-hybridized carbons (Fsp3) is 0.632. The Labute approximate surface area is 151 Å². The minimum Gasteiger partial charge on any atom is -0.481 e. The van der Waals surface area contributed by atoms with Crippen molar-refractivity contribution >= 4 is 5.97 Å². The summed E-state index contributed by atoms with van der Waals surface area (Å²) in [6.45, 7) is 4.10. The molecule has 0 radical (unpaired) electrons. The molecule has 1 unspecified atom stereocenters. The molecule has 4 nitrogen and oxygen atoms in total. The average molecular weight is 373 g/mol. The molecule has 1 fully saturated rings. The van der Waals surface area contributed by atoms with Gasteiger partial charge in [0.2, 0.25) is 0 Å². The van der Waals surface area contributed by atoms with E-state index in [0.717, 1.165) is 44.3 Å². The molecule has 146 valence electrons. The highest BCUT2D eigenvalue weighted by Gasteiger charge is 2.32. The number of carboxylic acids is 1. The molecule has 0 saturated carbocycles. The van der Waals surface area contributed by atoms with Gasteiger partial charge in [-0.1, -0.05) is 31.9 Å². The fourth-order valence-electron chi connectivity index (χ4n) is 3.60. The molecule has 26 heavy (non-hydrogen) atoms. The van der Waals surface area contributed by atoms with Crippen molar-refractivity contribution in [3.05, 3.63) is 29.8 Å². The van der Waals surface area contributed by atoms with Gasteiger partial charge in [0.25, 0.3) is 0 Å². The number of piperidine rings is 1. The van der Waals surface area contributed by atoms with Gasteiger partial charge in [-0.15, -0.1) is 13.2 Å². The number of unbranched alkanes of at least 4 members (excludes halogenated alkanes) is 1. The first-order chi connectivity index (χ1) is 12.3. The number of benzene rings is 1. The normalized spacial score (nSPS) is 17.8. The molecule has 1 aromatic rings. The molecule has 1 aromatic carbocycles. The molecule has 1 aliphatic rings. The summed E-state index contributed by atoms with van der Waals surface area (Å²) < 4.78 is 40.9. The second kappa shape index (κ2) is 9.26. The number of alkyl halides is 3. The van der Waals surface area contributed by atoms with Gasteiger partial charge in [-0.05, 0) is 56.0 Å². The van der Waals surface area contributed by atoms with Gasteiger partial charge in [-0.3, -0.25) is 9.69 Å². The van der Waals surface area contributed by atoms with E-state index in [4.69, 9.17) is 0 Å². The van der Waals surface area contributed by atoms with Gasteiger partial charge < -0.3 is 9.84 Å². The predicted octanol–water partition coefficient (Wildman–Crippen LogP) is 4.69. The van der Waals surface area contributed by atoms with Crippen LogP contribution < -0.4 is 4.74 Å². The summed E-state index contributed by atoms with van der Waals surface area (Å²) >= 11 is 0. The smallest absolute Gasteiger partial charge is 0.481 e. The van der Waals surface area contributed by atoms with Crippen LogP contribution in [0.5, 0.6) is 5.75 Å². The van der Waals surface area contributed by atoms with E-state index in [-0.39, 0.29) is 17.6 Å². The zero-order valence-corrected chi connectivity index (χ0v) is 15.0. The summed E-state index contributed by atoms with van der Waals surface area (Å²) in [7, 11) is 0. The Bertz CT molecular complexity index is 584. The molecule has 0 spiro atoms. The minimum absolute atomic E-state index is 0.176. The Balaban J connectivity index is 1.88. The maximum Gasteiger partial charge on any atom is 0.573 e. The Morgan fingerprint density at radius 2 is 2.04 bits per heavy atom. The number of nitrogens with zero attached hydrogens (tertiary/aromatic N) is 1. The van der Waals surface area contributed by atoms with Crippen molar-refractivity contribution in [2.75, 3.05) is 13.1 Å². The highest BCUT2D eigenvalue weighted by molar-refractivity contribution is 5.70. The number of carbonyl (C=O) groups is 1. The SMILES string of the molecule is CCCCC(C(=O)O)C1CCN(Cc2cccc(OC(F)(F)F)c2)CC1. The van der Waals surface area contributed by atoms with Crippen LogP contribution in [0.4, 0.5) is 13.2 Å². The summed E-state index contributed by atoms with van der Waals surface area (Å²) in [5.41, 5.74) is 0.756. The van der Waals surface area contributed by atoms with Crippen LogP contribution >= 0.6 is 0 Å². The molecule has 1 atom stereocenters. The van der Waals surface area contributed by atoms with Gasteiger partial charge >= 0.3 is 12.3 Å². The molecular formula is C19H26F3NO3. The molecule has 2 rings (SSSR count). The van der Waals surface area contributed by atoms with Crippen molar-refractivity contribution in [2.45, 2.75) is 51.9 Å². The number of halogens is 3. The molecule has 1 aliphatic heterocycles. The molecule has 1 saturated heterocycles. The summed E-state index contributed by atoms with van der Waals surface area (Å²) in [6, 6.07) is 6.01. The van der Waals surface area contributed by atoms with E-state index in [2.05, 4.69) is 16.6 Å². The van der Waals surface area contributed by atoms with Crippen LogP contribution in [-0.2, 0) is 11.3 Å². The lowest BCUT2D eigenvalue weighted by Crippen LogP contribution is -2.37. The lowest BCUT2D eigenvalue weighted by Gasteiger charge is -2.34. The maximum absolute atomic E-state index is 12.3. The molecule has 0 amide bonds. The molecule has 1 N–H and O–H groups in total. The number of aliphatic carboxylic acids is 1. The van der Waals surface area contributed by atoms with Crippen molar-refractivity contribution in [2.24, 2.45) is 11.8 Å². The van der Waals surface area contributed by atoms with Gasteiger partial charge in [-0.25, -0.2) is 0 Å². The lowest BCUT2D eigenvalue weighted by atomic mass is 9.81. The molecule has 0 aliphatic carbocycles.